The van der Waals surface area contributed by atoms with Crippen LogP contribution in [0.2, 0.25) is 0 Å². The van der Waals surface area contributed by atoms with E-state index in [2.05, 4.69) is 15.9 Å². The van der Waals surface area contributed by atoms with Crippen molar-refractivity contribution >= 4 is 28.0 Å². The second-order valence-electron chi connectivity index (χ2n) is 3.52. The van der Waals surface area contributed by atoms with Crippen molar-refractivity contribution in [3.8, 4) is 5.75 Å². The molecule has 1 N–H and O–H groups in total. The van der Waals surface area contributed by atoms with E-state index in [-0.39, 0.29) is 6.42 Å². The highest BCUT2D eigenvalue weighted by atomic mass is 79.9. The van der Waals surface area contributed by atoms with Crippen LogP contribution in [0.25, 0.3) is 6.08 Å². The number of carboxylic acid groups (broad SMARTS) is 1. The summed E-state index contributed by atoms with van der Waals surface area (Å²) in [4.78, 5) is 10.7. The van der Waals surface area contributed by atoms with Crippen LogP contribution >= 0.6 is 15.9 Å². The van der Waals surface area contributed by atoms with Gasteiger partial charge in [0.25, 0.3) is 0 Å². The van der Waals surface area contributed by atoms with Gasteiger partial charge in [-0.25, -0.2) is 0 Å². The molecule has 4 heteroatoms. The summed E-state index contributed by atoms with van der Waals surface area (Å²) in [6.07, 6.45) is 4.87. The molecule has 0 aromatic heterocycles. The molecular formula is C13H15BrO3. The van der Waals surface area contributed by atoms with E-state index in [9.17, 15) is 4.79 Å². The Morgan fingerprint density at radius 1 is 1.53 bits per heavy atom. The molecule has 1 aromatic carbocycles. The van der Waals surface area contributed by atoms with Crippen LogP contribution in [-0.4, -0.2) is 23.5 Å². The number of carboxylic acids is 1. The second-order valence-corrected chi connectivity index (χ2v) is 4.31. The highest BCUT2D eigenvalue weighted by Crippen LogP contribution is 2.20. The molecule has 0 aliphatic heterocycles. The van der Waals surface area contributed by atoms with E-state index in [1.54, 1.807) is 19.2 Å². The Balaban J connectivity index is 2.98. The van der Waals surface area contributed by atoms with Gasteiger partial charge in [0.15, 0.2) is 0 Å². The minimum atomic E-state index is -0.828. The van der Waals surface area contributed by atoms with Gasteiger partial charge in [0, 0.05) is 5.33 Å². The van der Waals surface area contributed by atoms with Crippen LogP contribution in [0.1, 0.15) is 17.5 Å². The minimum absolute atomic E-state index is 0.0258. The molecule has 0 radical (unpaired) electrons. The Labute approximate surface area is 109 Å². The Morgan fingerprint density at radius 3 is 2.88 bits per heavy atom. The Kier molecular flexibility index (Phi) is 5.77. The van der Waals surface area contributed by atoms with Crippen molar-refractivity contribution in [2.75, 3.05) is 12.4 Å². The molecule has 0 heterocycles. The molecule has 1 aromatic rings. The number of alkyl halides is 1. The molecule has 0 atom stereocenters. The molecule has 92 valence electrons. The summed E-state index contributed by atoms with van der Waals surface area (Å²) in [6.45, 7) is 0. The lowest BCUT2D eigenvalue weighted by molar-refractivity contribution is -0.136. The Bertz CT molecular complexity index is 413. The first-order valence-corrected chi connectivity index (χ1v) is 6.40. The third-order valence-electron chi connectivity index (χ3n) is 2.27. The maximum atomic E-state index is 10.7. The van der Waals surface area contributed by atoms with Crippen LogP contribution in [0.4, 0.5) is 0 Å². The average molecular weight is 299 g/mol. The number of hydrogen-bond acceptors (Lipinski definition) is 2. The number of methoxy groups -OCH3 is 1. The topological polar surface area (TPSA) is 46.5 Å². The van der Waals surface area contributed by atoms with Crippen molar-refractivity contribution in [3.05, 3.63) is 35.4 Å². The summed E-state index contributed by atoms with van der Waals surface area (Å²) < 4.78 is 5.13. The van der Waals surface area contributed by atoms with Gasteiger partial charge in [-0.1, -0.05) is 34.1 Å². The van der Waals surface area contributed by atoms with Gasteiger partial charge >= 0.3 is 5.97 Å². The number of carbonyl (C=O) groups is 1. The zero-order valence-corrected chi connectivity index (χ0v) is 11.2. The van der Waals surface area contributed by atoms with E-state index >= 15 is 0 Å². The molecule has 0 aliphatic carbocycles. The normalized spacial score (nSPS) is 10.7. The number of hydrogen-bond donors (Lipinski definition) is 1. The lowest BCUT2D eigenvalue weighted by Crippen LogP contribution is -2.02. The van der Waals surface area contributed by atoms with Crippen LogP contribution in [-0.2, 0) is 11.2 Å². The van der Waals surface area contributed by atoms with Crippen LogP contribution in [0.5, 0.6) is 5.75 Å². The summed E-state index contributed by atoms with van der Waals surface area (Å²) >= 11 is 3.34. The van der Waals surface area contributed by atoms with Gasteiger partial charge in [-0.15, -0.1) is 0 Å². The van der Waals surface area contributed by atoms with Gasteiger partial charge in [0.1, 0.15) is 5.75 Å². The SMILES string of the molecule is COc1ccc(CC(=O)O)c(C=CCCBr)c1. The standard InChI is InChI=1S/C13H15BrO3/c1-17-12-6-5-11(9-13(15)16)10(8-12)4-2-3-7-14/h2,4-6,8H,3,7,9H2,1H3,(H,15,16). The van der Waals surface area contributed by atoms with Gasteiger partial charge in [0.05, 0.1) is 13.5 Å². The number of halogens is 1. The summed E-state index contributed by atoms with van der Waals surface area (Å²) in [5, 5.41) is 9.72. The first-order valence-electron chi connectivity index (χ1n) is 5.28. The first-order chi connectivity index (χ1) is 8.17. The Hall–Kier alpha value is -1.29. The molecule has 0 spiro atoms. The molecule has 0 aliphatic rings. The molecule has 0 bridgehead atoms. The Morgan fingerprint density at radius 2 is 2.29 bits per heavy atom. The van der Waals surface area contributed by atoms with Crippen LogP contribution in [0.3, 0.4) is 0 Å². The van der Waals surface area contributed by atoms with E-state index in [1.807, 2.05) is 18.2 Å². The van der Waals surface area contributed by atoms with Gasteiger partial charge in [-0.05, 0) is 29.7 Å². The molecule has 3 nitrogen and oxygen atoms in total. The van der Waals surface area contributed by atoms with Gasteiger partial charge in [-0.3, -0.25) is 4.79 Å². The summed E-state index contributed by atoms with van der Waals surface area (Å²) in [5.41, 5.74) is 1.69. The lowest BCUT2D eigenvalue weighted by atomic mass is 10.0. The average Bonchev–Trinajstić information content (AvgIpc) is 2.30. The molecule has 0 saturated carbocycles. The van der Waals surface area contributed by atoms with Crippen LogP contribution < -0.4 is 4.74 Å². The van der Waals surface area contributed by atoms with Gasteiger partial charge in [-0.2, -0.15) is 0 Å². The summed E-state index contributed by atoms with van der Waals surface area (Å²) in [6, 6.07) is 5.42. The molecule has 0 amide bonds. The van der Waals surface area contributed by atoms with Crippen LogP contribution in [0.15, 0.2) is 24.3 Å². The fraction of sp³-hybridized carbons (Fsp3) is 0.308. The molecular weight excluding hydrogens is 284 g/mol. The minimum Gasteiger partial charge on any atom is -0.497 e. The number of benzene rings is 1. The van der Waals surface area contributed by atoms with E-state index in [0.717, 1.165) is 28.6 Å². The highest BCUT2D eigenvalue weighted by Gasteiger charge is 2.06. The maximum Gasteiger partial charge on any atom is 0.307 e. The fourth-order valence-corrected chi connectivity index (χ4v) is 1.72. The summed E-state index contributed by atoms with van der Waals surface area (Å²) in [7, 11) is 1.60. The van der Waals surface area contributed by atoms with Crippen molar-refractivity contribution < 1.29 is 14.6 Å². The second kappa shape index (κ2) is 7.12. The monoisotopic (exact) mass is 298 g/mol. The smallest absolute Gasteiger partial charge is 0.307 e. The largest absolute Gasteiger partial charge is 0.497 e. The van der Waals surface area contributed by atoms with E-state index in [0.29, 0.717) is 0 Å². The van der Waals surface area contributed by atoms with Crippen molar-refractivity contribution in [3.63, 3.8) is 0 Å². The fourth-order valence-electron chi connectivity index (χ4n) is 1.45. The molecule has 0 unspecified atom stereocenters. The highest BCUT2D eigenvalue weighted by molar-refractivity contribution is 9.09. The predicted molar refractivity (Wildman–Crippen MR) is 71.8 cm³/mol. The van der Waals surface area contributed by atoms with Crippen molar-refractivity contribution in [2.45, 2.75) is 12.8 Å². The van der Waals surface area contributed by atoms with E-state index < -0.39 is 5.97 Å². The third-order valence-corrected chi connectivity index (χ3v) is 2.73. The van der Waals surface area contributed by atoms with E-state index in [4.69, 9.17) is 9.84 Å². The quantitative estimate of drug-likeness (QED) is 0.821. The zero-order chi connectivity index (χ0) is 12.7. The molecule has 0 saturated heterocycles. The van der Waals surface area contributed by atoms with E-state index in [1.165, 1.54) is 0 Å². The summed E-state index contributed by atoms with van der Waals surface area (Å²) in [5.74, 6) is -0.0945. The zero-order valence-electron chi connectivity index (χ0n) is 9.65. The first kappa shape index (κ1) is 13.8. The molecule has 1 rings (SSSR count). The number of aliphatic carboxylic acids is 1. The molecule has 17 heavy (non-hydrogen) atoms. The van der Waals surface area contributed by atoms with Gasteiger partial charge < -0.3 is 9.84 Å². The van der Waals surface area contributed by atoms with Crippen molar-refractivity contribution in [2.24, 2.45) is 0 Å². The molecule has 0 fully saturated rings. The van der Waals surface area contributed by atoms with Crippen molar-refractivity contribution in [1.29, 1.82) is 0 Å². The van der Waals surface area contributed by atoms with Crippen molar-refractivity contribution in [1.82, 2.24) is 0 Å². The number of allylic oxidation sites excluding steroid dienone is 1. The number of ether oxygens (including phenoxy) is 1. The maximum absolute atomic E-state index is 10.7. The predicted octanol–water partition coefficient (Wildman–Crippen LogP) is 3.12. The lowest BCUT2D eigenvalue weighted by Gasteiger charge is -2.06. The van der Waals surface area contributed by atoms with Crippen LogP contribution in [0, 0.1) is 0 Å². The number of rotatable bonds is 6. The third kappa shape index (κ3) is 4.61. The van der Waals surface area contributed by atoms with Gasteiger partial charge in [0.2, 0.25) is 0 Å².